The Kier molecular flexibility index (Phi) is 6.78. The third-order valence-electron chi connectivity index (χ3n) is 4.52. The van der Waals surface area contributed by atoms with E-state index in [4.69, 9.17) is 9.47 Å². The Bertz CT molecular complexity index is 1340. The third kappa shape index (κ3) is 6.10. The standard InChI is InChI=1S/C23H25FN2O6S/c1-23(2,3)32-22(28)25-11-12-31-20-17-10-7-15(24)13-18(17)21(27)26-19(20)14-5-8-16(9-6-14)33(4,29)30/h5-10,13H,11-12H2,1-4H3,(H,25,28)(H,26,27). The number of hydrogen-bond donors (Lipinski definition) is 2. The Morgan fingerprint density at radius 1 is 1.09 bits per heavy atom. The molecule has 10 heteroatoms. The van der Waals surface area contributed by atoms with E-state index >= 15 is 0 Å². The average molecular weight is 477 g/mol. The van der Waals surface area contributed by atoms with E-state index in [1.165, 1.54) is 24.3 Å². The molecule has 0 unspecified atom stereocenters. The Hall–Kier alpha value is -3.40. The Morgan fingerprint density at radius 3 is 2.36 bits per heavy atom. The van der Waals surface area contributed by atoms with Gasteiger partial charge in [-0.3, -0.25) is 4.79 Å². The highest BCUT2D eigenvalue weighted by atomic mass is 32.2. The van der Waals surface area contributed by atoms with Crippen LogP contribution in [0.1, 0.15) is 20.8 Å². The number of amides is 1. The molecule has 0 aliphatic carbocycles. The summed E-state index contributed by atoms with van der Waals surface area (Å²) in [5.74, 6) is -0.307. The summed E-state index contributed by atoms with van der Waals surface area (Å²) in [6, 6.07) is 9.69. The summed E-state index contributed by atoms with van der Waals surface area (Å²) >= 11 is 0. The van der Waals surface area contributed by atoms with Crippen LogP contribution in [0.5, 0.6) is 5.75 Å². The van der Waals surface area contributed by atoms with E-state index in [0.29, 0.717) is 16.6 Å². The summed E-state index contributed by atoms with van der Waals surface area (Å²) in [4.78, 5) is 27.3. The highest BCUT2D eigenvalue weighted by Gasteiger charge is 2.18. The summed E-state index contributed by atoms with van der Waals surface area (Å²) in [6.07, 6.45) is 0.497. The van der Waals surface area contributed by atoms with Crippen LogP contribution in [0.15, 0.2) is 52.2 Å². The number of sulfone groups is 1. The Balaban J connectivity index is 1.95. The van der Waals surface area contributed by atoms with Crippen LogP contribution >= 0.6 is 0 Å². The summed E-state index contributed by atoms with van der Waals surface area (Å²) in [5.41, 5.74) is -0.363. The van der Waals surface area contributed by atoms with Crippen LogP contribution in [0.3, 0.4) is 0 Å². The molecule has 0 atom stereocenters. The number of carbonyl (C=O) groups is 1. The number of alkyl carbamates (subject to hydrolysis) is 1. The molecule has 0 spiro atoms. The summed E-state index contributed by atoms with van der Waals surface area (Å²) in [6.45, 7) is 5.39. The van der Waals surface area contributed by atoms with Gasteiger partial charge in [0.1, 0.15) is 18.0 Å². The maximum absolute atomic E-state index is 13.7. The van der Waals surface area contributed by atoms with Crippen molar-refractivity contribution in [2.75, 3.05) is 19.4 Å². The number of H-pyrrole nitrogens is 1. The lowest BCUT2D eigenvalue weighted by atomic mass is 10.1. The molecule has 1 aromatic heterocycles. The number of fused-ring (bicyclic) bond motifs is 1. The third-order valence-corrected chi connectivity index (χ3v) is 5.65. The van der Waals surface area contributed by atoms with E-state index in [1.54, 1.807) is 32.9 Å². The minimum Gasteiger partial charge on any atom is -0.489 e. The first kappa shape index (κ1) is 24.2. The van der Waals surface area contributed by atoms with Gasteiger partial charge >= 0.3 is 6.09 Å². The van der Waals surface area contributed by atoms with Crippen molar-refractivity contribution in [3.05, 3.63) is 58.6 Å². The zero-order valence-electron chi connectivity index (χ0n) is 18.7. The number of rotatable bonds is 6. The maximum atomic E-state index is 13.7. The molecule has 1 amide bonds. The number of hydrogen-bond acceptors (Lipinski definition) is 6. The van der Waals surface area contributed by atoms with E-state index in [0.717, 1.165) is 12.3 Å². The van der Waals surface area contributed by atoms with Gasteiger partial charge in [0.25, 0.3) is 5.56 Å². The number of carbonyl (C=O) groups excluding carboxylic acids is 1. The summed E-state index contributed by atoms with van der Waals surface area (Å²) < 4.78 is 48.3. The second-order valence-corrected chi connectivity index (χ2v) is 10.4. The van der Waals surface area contributed by atoms with E-state index in [1.807, 2.05) is 0 Å². The Morgan fingerprint density at radius 2 is 1.76 bits per heavy atom. The van der Waals surface area contributed by atoms with E-state index in [2.05, 4.69) is 10.3 Å². The minimum absolute atomic E-state index is 0.0339. The van der Waals surface area contributed by atoms with E-state index in [9.17, 15) is 22.4 Å². The van der Waals surface area contributed by atoms with Gasteiger partial charge in [-0.15, -0.1) is 0 Å². The van der Waals surface area contributed by atoms with Crippen LogP contribution in [-0.4, -0.2) is 44.5 Å². The smallest absolute Gasteiger partial charge is 0.407 e. The fraction of sp³-hybridized carbons (Fsp3) is 0.304. The summed E-state index contributed by atoms with van der Waals surface area (Å²) in [7, 11) is -3.40. The molecule has 2 N–H and O–H groups in total. The number of ether oxygens (including phenoxy) is 2. The van der Waals surface area contributed by atoms with Crippen molar-refractivity contribution in [3.63, 3.8) is 0 Å². The normalized spacial score (nSPS) is 11.9. The first-order valence-electron chi connectivity index (χ1n) is 10.1. The van der Waals surface area contributed by atoms with E-state index < -0.39 is 32.9 Å². The van der Waals surface area contributed by atoms with Crippen molar-refractivity contribution in [1.82, 2.24) is 10.3 Å². The molecule has 0 bridgehead atoms. The fourth-order valence-corrected chi connectivity index (χ4v) is 3.75. The lowest BCUT2D eigenvalue weighted by molar-refractivity contribution is 0.0520. The number of aromatic nitrogens is 1. The van der Waals surface area contributed by atoms with Crippen LogP contribution in [0.25, 0.3) is 22.0 Å². The van der Waals surface area contributed by atoms with Crippen molar-refractivity contribution < 1.29 is 27.1 Å². The molecule has 0 aliphatic heterocycles. The zero-order chi connectivity index (χ0) is 24.4. The van der Waals surface area contributed by atoms with Crippen molar-refractivity contribution in [2.45, 2.75) is 31.3 Å². The highest BCUT2D eigenvalue weighted by molar-refractivity contribution is 7.90. The minimum atomic E-state index is -3.40. The van der Waals surface area contributed by atoms with Gasteiger partial charge in [-0.2, -0.15) is 0 Å². The number of halogens is 1. The van der Waals surface area contributed by atoms with Crippen molar-refractivity contribution in [2.24, 2.45) is 0 Å². The van der Waals surface area contributed by atoms with Crippen molar-refractivity contribution in [3.8, 4) is 17.0 Å². The van der Waals surface area contributed by atoms with Gasteiger partial charge < -0.3 is 19.8 Å². The first-order valence-corrected chi connectivity index (χ1v) is 12.0. The topological polar surface area (TPSA) is 115 Å². The molecular formula is C23H25FN2O6S. The Labute approximate surface area is 190 Å². The second kappa shape index (κ2) is 9.22. The van der Waals surface area contributed by atoms with Crippen LogP contribution in [0.4, 0.5) is 9.18 Å². The predicted octanol–water partition coefficient (Wildman–Crippen LogP) is 3.64. The molecule has 0 saturated carbocycles. The SMILES string of the molecule is CC(C)(C)OC(=O)NCCOc1c(-c2ccc(S(C)(=O)=O)cc2)[nH]c(=O)c2cc(F)ccc12. The van der Waals surface area contributed by atoms with Gasteiger partial charge in [-0.05, 0) is 51.1 Å². The van der Waals surface area contributed by atoms with Crippen molar-refractivity contribution >= 4 is 26.7 Å². The van der Waals surface area contributed by atoms with Gasteiger partial charge in [0.15, 0.2) is 15.6 Å². The number of aromatic amines is 1. The molecular weight excluding hydrogens is 451 g/mol. The number of nitrogens with one attached hydrogen (secondary N) is 2. The van der Waals surface area contributed by atoms with Gasteiger partial charge in [-0.25, -0.2) is 17.6 Å². The molecule has 33 heavy (non-hydrogen) atoms. The summed E-state index contributed by atoms with van der Waals surface area (Å²) in [5, 5.41) is 3.05. The molecule has 2 aromatic carbocycles. The molecule has 176 valence electrons. The van der Waals surface area contributed by atoms with Crippen molar-refractivity contribution in [1.29, 1.82) is 0 Å². The molecule has 8 nitrogen and oxygen atoms in total. The van der Waals surface area contributed by atoms with Gasteiger partial charge in [0.2, 0.25) is 0 Å². The van der Waals surface area contributed by atoms with Gasteiger partial charge in [0, 0.05) is 17.2 Å². The molecule has 1 heterocycles. The number of benzene rings is 2. The molecule has 3 aromatic rings. The zero-order valence-corrected chi connectivity index (χ0v) is 19.5. The molecule has 0 saturated heterocycles. The molecule has 0 radical (unpaired) electrons. The first-order chi connectivity index (χ1) is 15.3. The fourth-order valence-electron chi connectivity index (χ4n) is 3.12. The molecule has 0 fully saturated rings. The van der Waals surface area contributed by atoms with Crippen LogP contribution in [0, 0.1) is 5.82 Å². The molecule has 0 aliphatic rings. The number of pyridine rings is 1. The average Bonchev–Trinajstić information content (AvgIpc) is 2.70. The van der Waals surface area contributed by atoms with Crippen LogP contribution < -0.4 is 15.6 Å². The van der Waals surface area contributed by atoms with Crippen LogP contribution in [-0.2, 0) is 14.6 Å². The largest absolute Gasteiger partial charge is 0.489 e. The van der Waals surface area contributed by atoms with Gasteiger partial charge in [0.05, 0.1) is 22.5 Å². The highest BCUT2D eigenvalue weighted by Crippen LogP contribution is 2.34. The second-order valence-electron chi connectivity index (χ2n) is 8.42. The quantitative estimate of drug-likeness (QED) is 0.525. The lowest BCUT2D eigenvalue weighted by Crippen LogP contribution is -2.34. The lowest BCUT2D eigenvalue weighted by Gasteiger charge is -2.20. The van der Waals surface area contributed by atoms with Crippen LogP contribution in [0.2, 0.25) is 0 Å². The maximum Gasteiger partial charge on any atom is 0.407 e. The molecule has 3 rings (SSSR count). The van der Waals surface area contributed by atoms with Gasteiger partial charge in [-0.1, -0.05) is 12.1 Å². The monoisotopic (exact) mass is 476 g/mol. The predicted molar refractivity (Wildman–Crippen MR) is 123 cm³/mol. The van der Waals surface area contributed by atoms with E-state index in [-0.39, 0.29) is 29.2 Å².